The van der Waals surface area contributed by atoms with Crippen molar-refractivity contribution in [2.45, 2.75) is 5.41 Å². The van der Waals surface area contributed by atoms with E-state index in [0.717, 1.165) is 72.1 Å². The van der Waals surface area contributed by atoms with E-state index in [1.165, 1.54) is 33.4 Å². The van der Waals surface area contributed by atoms with E-state index in [1.54, 1.807) is 0 Å². The molecule has 3 nitrogen and oxygen atoms in total. The second-order valence-electron chi connectivity index (χ2n) is 15.2. The highest BCUT2D eigenvalue weighted by molar-refractivity contribution is 6.13. The van der Waals surface area contributed by atoms with Crippen LogP contribution in [-0.4, -0.2) is 0 Å². The quantitative estimate of drug-likeness (QED) is 0.170. The summed E-state index contributed by atoms with van der Waals surface area (Å²) in [4.78, 5) is 2.36. The summed E-state index contributed by atoms with van der Waals surface area (Å²) in [6.45, 7) is 0. The summed E-state index contributed by atoms with van der Waals surface area (Å²) in [5.74, 6) is 0. The Morgan fingerprint density at radius 2 is 0.931 bits per heavy atom. The molecule has 0 saturated heterocycles. The zero-order valence-corrected chi connectivity index (χ0v) is 31.5. The van der Waals surface area contributed by atoms with Gasteiger partial charge in [0.2, 0.25) is 0 Å². The second kappa shape index (κ2) is 12.7. The van der Waals surface area contributed by atoms with Crippen LogP contribution >= 0.6 is 0 Å². The van der Waals surface area contributed by atoms with Gasteiger partial charge in [-0.25, -0.2) is 0 Å². The third-order valence-electron chi connectivity index (χ3n) is 12.2. The predicted octanol–water partition coefficient (Wildman–Crippen LogP) is 15.0. The number of fused-ring (bicyclic) bond motifs is 9. The molecule has 58 heavy (non-hydrogen) atoms. The van der Waals surface area contributed by atoms with Crippen molar-refractivity contribution in [3.63, 3.8) is 0 Å². The van der Waals surface area contributed by atoms with Gasteiger partial charge < -0.3 is 13.7 Å². The predicted molar refractivity (Wildman–Crippen MR) is 238 cm³/mol. The molecule has 0 fully saturated rings. The van der Waals surface area contributed by atoms with Gasteiger partial charge in [-0.15, -0.1) is 0 Å². The Morgan fingerprint density at radius 3 is 1.71 bits per heavy atom. The molecule has 9 aromatic carbocycles. The molecule has 1 aliphatic rings. The minimum absolute atomic E-state index is 0.476. The lowest BCUT2D eigenvalue weighted by molar-refractivity contribution is 0.668. The van der Waals surface area contributed by atoms with Crippen LogP contribution in [0.2, 0.25) is 0 Å². The maximum atomic E-state index is 6.73. The first-order valence-electron chi connectivity index (χ1n) is 19.8. The van der Waals surface area contributed by atoms with Crippen molar-refractivity contribution < 1.29 is 8.83 Å². The molecule has 0 amide bonds. The molecule has 0 spiro atoms. The SMILES string of the molecule is c1ccc(C2(c3ccccc3)c3ccccc3-c3cc(N(c4ccc(-c5cccc6oc7ccccc7c56)cc4)c4cccc5c4oc4ccccc45)ccc32)cc1. The van der Waals surface area contributed by atoms with Gasteiger partial charge in [-0.3, -0.25) is 0 Å². The summed E-state index contributed by atoms with van der Waals surface area (Å²) in [6, 6.07) is 76.2. The molecule has 0 aliphatic heterocycles. The van der Waals surface area contributed by atoms with E-state index in [0.29, 0.717) is 0 Å². The van der Waals surface area contributed by atoms with Crippen molar-refractivity contribution in [2.75, 3.05) is 4.90 Å². The van der Waals surface area contributed by atoms with Crippen LogP contribution in [0.15, 0.2) is 221 Å². The average molecular weight is 742 g/mol. The number of anilines is 3. The molecule has 0 N–H and O–H groups in total. The Kier molecular flexibility index (Phi) is 7.14. The maximum Gasteiger partial charge on any atom is 0.159 e. The molecule has 0 saturated carbocycles. The van der Waals surface area contributed by atoms with Crippen molar-refractivity contribution in [3.8, 4) is 22.3 Å². The van der Waals surface area contributed by atoms with Gasteiger partial charge in [0.15, 0.2) is 5.58 Å². The van der Waals surface area contributed by atoms with Crippen LogP contribution in [0.1, 0.15) is 22.3 Å². The van der Waals surface area contributed by atoms with Crippen LogP contribution in [0.4, 0.5) is 17.1 Å². The van der Waals surface area contributed by atoms with E-state index in [-0.39, 0.29) is 0 Å². The molecule has 0 atom stereocenters. The Morgan fingerprint density at radius 1 is 0.362 bits per heavy atom. The summed E-state index contributed by atoms with van der Waals surface area (Å²) >= 11 is 0. The molecule has 1 aliphatic carbocycles. The minimum Gasteiger partial charge on any atom is -0.456 e. The molecule has 3 heteroatoms. The van der Waals surface area contributed by atoms with E-state index in [4.69, 9.17) is 8.83 Å². The fraction of sp³-hybridized carbons (Fsp3) is 0.0182. The average Bonchev–Trinajstić information content (AvgIpc) is 3.96. The van der Waals surface area contributed by atoms with Gasteiger partial charge in [-0.1, -0.05) is 164 Å². The molecule has 11 aromatic rings. The van der Waals surface area contributed by atoms with E-state index in [9.17, 15) is 0 Å². The largest absolute Gasteiger partial charge is 0.456 e. The highest BCUT2D eigenvalue weighted by Gasteiger charge is 2.46. The van der Waals surface area contributed by atoms with E-state index in [2.05, 4.69) is 199 Å². The number of benzene rings is 9. The molecule has 12 rings (SSSR count). The lowest BCUT2D eigenvalue weighted by Gasteiger charge is -2.34. The molecule has 272 valence electrons. The smallest absolute Gasteiger partial charge is 0.159 e. The van der Waals surface area contributed by atoms with Gasteiger partial charge in [0, 0.05) is 32.9 Å². The normalized spacial score (nSPS) is 13.0. The third kappa shape index (κ3) is 4.68. The molecule has 0 radical (unpaired) electrons. The molecule has 0 unspecified atom stereocenters. The summed E-state index contributed by atoms with van der Waals surface area (Å²) in [5, 5.41) is 4.45. The van der Waals surface area contributed by atoms with Crippen LogP contribution in [0, 0.1) is 0 Å². The van der Waals surface area contributed by atoms with Crippen molar-refractivity contribution in [3.05, 3.63) is 235 Å². The first kappa shape index (κ1) is 32.6. The topological polar surface area (TPSA) is 29.5 Å². The molecule has 2 aromatic heterocycles. The van der Waals surface area contributed by atoms with Gasteiger partial charge in [0.05, 0.1) is 11.1 Å². The van der Waals surface area contributed by atoms with Crippen LogP contribution in [0.5, 0.6) is 0 Å². The van der Waals surface area contributed by atoms with Gasteiger partial charge in [-0.2, -0.15) is 0 Å². The summed E-state index contributed by atoms with van der Waals surface area (Å²) in [5.41, 5.74) is 15.9. The van der Waals surface area contributed by atoms with E-state index >= 15 is 0 Å². The summed E-state index contributed by atoms with van der Waals surface area (Å²) < 4.78 is 13.0. The first-order valence-corrected chi connectivity index (χ1v) is 19.8. The first-order chi connectivity index (χ1) is 28.8. The standard InChI is InChI=1S/C55H35NO2/c1-3-15-37(16-4-1)55(38-17-5-2-6-18-38)47-24-10-7-19-42(47)46-35-40(33-34-48(46)55)56(49-25-13-23-44-43-20-8-11-26-50(43)58-54(44)49)39-31-29-36(30-32-39)41-22-14-28-52-53(41)45-21-9-12-27-51(45)57-52/h1-35H. The number of nitrogens with zero attached hydrogens (tertiary/aromatic N) is 1. The number of para-hydroxylation sites is 3. The minimum atomic E-state index is -0.476. The third-order valence-corrected chi connectivity index (χ3v) is 12.2. The van der Waals surface area contributed by atoms with Crippen molar-refractivity contribution in [1.29, 1.82) is 0 Å². The summed E-state index contributed by atoms with van der Waals surface area (Å²) in [6.07, 6.45) is 0. The Hall–Kier alpha value is -7.62. The maximum absolute atomic E-state index is 6.73. The lowest BCUT2D eigenvalue weighted by atomic mass is 9.68. The number of furan rings is 2. The van der Waals surface area contributed by atoms with E-state index < -0.39 is 5.41 Å². The molecule has 2 heterocycles. The van der Waals surface area contributed by atoms with Gasteiger partial charge in [0.25, 0.3) is 0 Å². The Bertz CT molecular complexity index is 3300. The van der Waals surface area contributed by atoms with Crippen LogP contribution in [0.3, 0.4) is 0 Å². The number of hydrogen-bond donors (Lipinski definition) is 0. The lowest BCUT2D eigenvalue weighted by Crippen LogP contribution is -2.28. The number of rotatable bonds is 6. The van der Waals surface area contributed by atoms with Crippen molar-refractivity contribution >= 4 is 60.9 Å². The fourth-order valence-electron chi connectivity index (χ4n) is 9.72. The van der Waals surface area contributed by atoms with Gasteiger partial charge >= 0.3 is 0 Å². The van der Waals surface area contributed by atoms with E-state index in [1.807, 2.05) is 18.2 Å². The van der Waals surface area contributed by atoms with Crippen LogP contribution < -0.4 is 4.90 Å². The van der Waals surface area contributed by atoms with Crippen LogP contribution in [-0.2, 0) is 5.41 Å². The fourth-order valence-corrected chi connectivity index (χ4v) is 9.72. The second-order valence-corrected chi connectivity index (χ2v) is 15.2. The Labute approximate surface area is 335 Å². The van der Waals surface area contributed by atoms with Gasteiger partial charge in [0.1, 0.15) is 16.7 Å². The van der Waals surface area contributed by atoms with Crippen LogP contribution in [0.25, 0.3) is 66.1 Å². The van der Waals surface area contributed by atoms with Gasteiger partial charge in [-0.05, 0) is 93.0 Å². The molecule has 0 bridgehead atoms. The summed E-state index contributed by atoms with van der Waals surface area (Å²) in [7, 11) is 0. The highest BCUT2D eigenvalue weighted by Crippen LogP contribution is 2.57. The highest BCUT2D eigenvalue weighted by atomic mass is 16.3. The van der Waals surface area contributed by atoms with Crippen molar-refractivity contribution in [2.24, 2.45) is 0 Å². The number of hydrogen-bond acceptors (Lipinski definition) is 3. The van der Waals surface area contributed by atoms with Crippen molar-refractivity contribution in [1.82, 2.24) is 0 Å². The zero-order valence-electron chi connectivity index (χ0n) is 31.5. The Balaban J connectivity index is 1.09. The molecular formula is C55H35NO2. The zero-order chi connectivity index (χ0) is 38.2. The molecular weight excluding hydrogens is 707 g/mol. The monoisotopic (exact) mass is 741 g/mol.